The first-order valence-electron chi connectivity index (χ1n) is 9.46. The average molecular weight is 469 g/mol. The van der Waals surface area contributed by atoms with Gasteiger partial charge in [-0.2, -0.15) is 0 Å². The predicted molar refractivity (Wildman–Crippen MR) is 121 cm³/mol. The van der Waals surface area contributed by atoms with Crippen LogP contribution in [0.1, 0.15) is 41.7 Å². The number of Topliss-reactive ketones (excluding diaryl/α,β-unsaturated/α-hetero) is 1. The molecule has 1 aromatic heterocycles. The molecule has 0 atom stereocenters. The van der Waals surface area contributed by atoms with Crippen molar-refractivity contribution in [2.24, 2.45) is 5.92 Å². The lowest BCUT2D eigenvalue weighted by molar-refractivity contribution is 0.0923. The molecule has 2 amide bonds. The Morgan fingerprint density at radius 2 is 1.90 bits per heavy atom. The van der Waals surface area contributed by atoms with Crippen LogP contribution in [-0.2, 0) is 16.6 Å². The summed E-state index contributed by atoms with van der Waals surface area (Å²) >= 11 is 2.68. The van der Waals surface area contributed by atoms with E-state index in [0.29, 0.717) is 22.1 Å². The summed E-state index contributed by atoms with van der Waals surface area (Å²) in [4.78, 5) is 29.6. The molecule has 0 unspecified atom stereocenters. The quantitative estimate of drug-likeness (QED) is 0.399. The Bertz CT molecular complexity index is 1030. The van der Waals surface area contributed by atoms with Crippen LogP contribution in [0.2, 0.25) is 0 Å². The number of nitrogens with one attached hydrogen (secondary N) is 3. The van der Waals surface area contributed by atoms with Gasteiger partial charge in [-0.05, 0) is 31.2 Å². The highest BCUT2D eigenvalue weighted by Gasteiger charge is 2.26. The zero-order valence-corrected chi connectivity index (χ0v) is 19.2. The Labute approximate surface area is 184 Å². The minimum absolute atomic E-state index is 0.0176. The lowest BCUT2D eigenvalue weighted by Gasteiger charge is -2.13. The molecule has 3 N–H and O–H groups in total. The van der Waals surface area contributed by atoms with E-state index in [4.69, 9.17) is 0 Å². The summed E-state index contributed by atoms with van der Waals surface area (Å²) in [5, 5.41) is 5.77. The van der Waals surface area contributed by atoms with Gasteiger partial charge in [-0.15, -0.1) is 11.8 Å². The minimum Gasteiger partial charge on any atom is -0.307 e. The molecule has 0 aliphatic heterocycles. The maximum Gasteiger partial charge on any atom is 0.325 e. The number of carbonyl (C=O) groups is 2. The fourth-order valence-electron chi connectivity index (χ4n) is 3.33. The minimum atomic E-state index is -3.35. The third kappa shape index (κ3) is 6.03. The molecule has 162 valence electrons. The third-order valence-corrected chi connectivity index (χ3v) is 7.57. The number of nitrogens with zero attached hydrogens (tertiary/aromatic N) is 1. The van der Waals surface area contributed by atoms with Crippen LogP contribution in [0.5, 0.6) is 0 Å². The molecular weight excluding hydrogens is 444 g/mol. The van der Waals surface area contributed by atoms with Crippen LogP contribution in [0.4, 0.5) is 15.6 Å². The summed E-state index contributed by atoms with van der Waals surface area (Å²) in [6, 6.07) is 6.49. The van der Waals surface area contributed by atoms with Gasteiger partial charge in [0.1, 0.15) is 0 Å². The van der Waals surface area contributed by atoms with Crippen LogP contribution in [0.15, 0.2) is 28.5 Å². The van der Waals surface area contributed by atoms with Gasteiger partial charge in [-0.3, -0.25) is 10.1 Å². The molecule has 11 heteroatoms. The van der Waals surface area contributed by atoms with E-state index < -0.39 is 16.1 Å². The normalized spacial score (nSPS) is 14.6. The van der Waals surface area contributed by atoms with Gasteiger partial charge >= 0.3 is 6.03 Å². The Hall–Kier alpha value is -1.95. The van der Waals surface area contributed by atoms with E-state index in [1.54, 1.807) is 24.3 Å². The van der Waals surface area contributed by atoms with E-state index in [1.807, 2.05) is 6.26 Å². The molecule has 1 heterocycles. The first kappa shape index (κ1) is 22.7. The maximum absolute atomic E-state index is 12.8. The Kier molecular flexibility index (Phi) is 7.50. The van der Waals surface area contributed by atoms with Crippen LogP contribution in [0, 0.1) is 5.92 Å². The molecule has 1 saturated carbocycles. The molecule has 1 aliphatic carbocycles. The second kappa shape index (κ2) is 9.90. The molecule has 3 rings (SSSR count). The number of aromatic nitrogens is 1. The molecule has 1 fully saturated rings. The van der Waals surface area contributed by atoms with Gasteiger partial charge in [0.25, 0.3) is 0 Å². The second-order valence-corrected chi connectivity index (χ2v) is 10.9. The van der Waals surface area contributed by atoms with E-state index in [1.165, 1.54) is 23.1 Å². The van der Waals surface area contributed by atoms with Gasteiger partial charge in [0, 0.05) is 11.5 Å². The highest BCUT2D eigenvalue weighted by atomic mass is 32.2. The number of anilines is 2. The van der Waals surface area contributed by atoms with Crippen LogP contribution >= 0.6 is 23.1 Å². The second-order valence-electron chi connectivity index (χ2n) is 7.02. The third-order valence-electron chi connectivity index (χ3n) is 4.74. The van der Waals surface area contributed by atoms with Crippen molar-refractivity contribution in [3.05, 3.63) is 35.5 Å². The molecule has 30 heavy (non-hydrogen) atoms. The highest BCUT2D eigenvalue weighted by Crippen LogP contribution is 2.32. The summed E-state index contributed by atoms with van der Waals surface area (Å²) in [6.45, 7) is 0.0491. The lowest BCUT2D eigenvalue weighted by atomic mass is 9.95. The van der Waals surface area contributed by atoms with E-state index in [-0.39, 0.29) is 18.2 Å². The zero-order chi connectivity index (χ0) is 21.7. The van der Waals surface area contributed by atoms with Crippen molar-refractivity contribution < 1.29 is 18.0 Å². The number of hydrogen-bond acceptors (Lipinski definition) is 7. The number of sulfonamides is 1. The molecule has 0 saturated heterocycles. The van der Waals surface area contributed by atoms with Crippen molar-refractivity contribution in [2.75, 3.05) is 23.1 Å². The van der Waals surface area contributed by atoms with Crippen molar-refractivity contribution in [1.29, 1.82) is 0 Å². The largest absolute Gasteiger partial charge is 0.325 e. The maximum atomic E-state index is 12.8. The Morgan fingerprint density at radius 3 is 2.57 bits per heavy atom. The highest BCUT2D eigenvalue weighted by molar-refractivity contribution is 8.00. The molecule has 0 radical (unpaired) electrons. The van der Waals surface area contributed by atoms with Gasteiger partial charge in [-0.1, -0.05) is 36.3 Å². The monoisotopic (exact) mass is 468 g/mol. The Morgan fingerprint density at radius 1 is 1.20 bits per heavy atom. The summed E-state index contributed by atoms with van der Waals surface area (Å²) in [5.41, 5.74) is 1.53. The predicted octanol–water partition coefficient (Wildman–Crippen LogP) is 3.93. The average Bonchev–Trinajstić information content (AvgIpc) is 3.35. The first-order valence-corrected chi connectivity index (χ1v) is 13.4. The van der Waals surface area contributed by atoms with Crippen LogP contribution in [0.25, 0.3) is 0 Å². The van der Waals surface area contributed by atoms with Gasteiger partial charge < -0.3 is 5.32 Å². The summed E-state index contributed by atoms with van der Waals surface area (Å²) < 4.78 is 25.9. The topological polar surface area (TPSA) is 117 Å². The van der Waals surface area contributed by atoms with E-state index in [2.05, 4.69) is 20.3 Å². The standard InChI is InChI=1S/C19H24N4O4S3/c1-28-17-15(11-20-30(2,26)27)22-19(29-17)23-18(25)21-14-10-6-5-9-13(14)16(24)12-7-3-4-8-12/h5-6,9-10,12,20H,3-4,7-8,11H2,1-2H3,(H2,21,22,23,25). The number of thiazole rings is 1. The van der Waals surface area contributed by atoms with Gasteiger partial charge in [-0.25, -0.2) is 22.9 Å². The van der Waals surface area contributed by atoms with E-state index >= 15 is 0 Å². The summed E-state index contributed by atoms with van der Waals surface area (Å²) in [7, 11) is -3.35. The van der Waals surface area contributed by atoms with Crippen molar-refractivity contribution in [3.63, 3.8) is 0 Å². The van der Waals surface area contributed by atoms with Crippen molar-refractivity contribution in [3.8, 4) is 0 Å². The molecular formula is C19H24N4O4S3. The molecule has 0 bridgehead atoms. The van der Waals surface area contributed by atoms with Gasteiger partial charge in [0.2, 0.25) is 10.0 Å². The van der Waals surface area contributed by atoms with Crippen LogP contribution in [-0.4, -0.2) is 37.7 Å². The number of amides is 2. The number of urea groups is 1. The van der Waals surface area contributed by atoms with Crippen molar-refractivity contribution in [2.45, 2.75) is 36.4 Å². The van der Waals surface area contributed by atoms with E-state index in [0.717, 1.165) is 36.1 Å². The fraction of sp³-hybridized carbons (Fsp3) is 0.421. The SMILES string of the molecule is CSc1sc(NC(=O)Nc2ccccc2C(=O)C2CCCC2)nc1CNS(C)(=O)=O. The summed E-state index contributed by atoms with van der Waals surface area (Å²) in [5.74, 6) is 0.0838. The molecule has 1 aromatic carbocycles. The molecule has 1 aliphatic rings. The fourth-order valence-corrected chi connectivity index (χ4v) is 5.36. The van der Waals surface area contributed by atoms with Crippen LogP contribution in [0.3, 0.4) is 0 Å². The number of hydrogen-bond donors (Lipinski definition) is 3. The number of benzene rings is 1. The molecule has 8 nitrogen and oxygen atoms in total. The number of ketones is 1. The molecule has 2 aromatic rings. The number of para-hydroxylation sites is 1. The Balaban J connectivity index is 1.69. The smallest absolute Gasteiger partial charge is 0.307 e. The van der Waals surface area contributed by atoms with Gasteiger partial charge in [0.15, 0.2) is 10.9 Å². The first-order chi connectivity index (χ1) is 14.3. The van der Waals surface area contributed by atoms with Crippen molar-refractivity contribution in [1.82, 2.24) is 9.71 Å². The number of carbonyl (C=O) groups excluding carboxylic acids is 2. The lowest BCUT2D eigenvalue weighted by Crippen LogP contribution is -2.23. The van der Waals surface area contributed by atoms with Crippen LogP contribution < -0.4 is 15.4 Å². The number of thioether (sulfide) groups is 1. The van der Waals surface area contributed by atoms with E-state index in [9.17, 15) is 18.0 Å². The molecule has 0 spiro atoms. The zero-order valence-electron chi connectivity index (χ0n) is 16.7. The van der Waals surface area contributed by atoms with Gasteiger partial charge in [0.05, 0.1) is 28.4 Å². The van der Waals surface area contributed by atoms with Crippen molar-refractivity contribution >= 4 is 55.8 Å². The summed E-state index contributed by atoms with van der Waals surface area (Å²) in [6.07, 6.45) is 6.83. The number of rotatable bonds is 8.